The number of piperidine rings is 1. The number of hydrogen-bond acceptors (Lipinski definition) is 6. The zero-order valence-corrected chi connectivity index (χ0v) is 21.2. The van der Waals surface area contributed by atoms with E-state index in [9.17, 15) is 14.4 Å². The SMILES string of the molecule is COc1ccc(C(=O)N2CCC3(CC2)OCC(C(=O)NC(C)C)N3C(=O)c2ccccc2)cc1OC. The van der Waals surface area contributed by atoms with Gasteiger partial charge in [-0.05, 0) is 44.2 Å². The molecule has 0 saturated carbocycles. The number of likely N-dealkylation sites (tertiary alicyclic amines) is 1. The minimum absolute atomic E-state index is 0.0660. The molecule has 192 valence electrons. The molecule has 0 aliphatic carbocycles. The van der Waals surface area contributed by atoms with Crippen LogP contribution in [-0.2, 0) is 9.53 Å². The van der Waals surface area contributed by atoms with Crippen LogP contribution < -0.4 is 14.8 Å². The fourth-order valence-electron chi connectivity index (χ4n) is 4.88. The summed E-state index contributed by atoms with van der Waals surface area (Å²) >= 11 is 0. The first kappa shape index (κ1) is 25.5. The molecule has 0 bridgehead atoms. The van der Waals surface area contributed by atoms with E-state index < -0.39 is 11.8 Å². The summed E-state index contributed by atoms with van der Waals surface area (Å²) in [6.45, 7) is 4.63. The normalized spacial score (nSPS) is 18.9. The molecule has 2 aliphatic rings. The maximum absolute atomic E-state index is 13.6. The number of amides is 3. The van der Waals surface area contributed by atoms with Crippen molar-refractivity contribution in [1.29, 1.82) is 0 Å². The molecule has 2 fully saturated rings. The van der Waals surface area contributed by atoms with Crippen LogP contribution in [0.4, 0.5) is 0 Å². The Morgan fingerprint density at radius 3 is 2.22 bits per heavy atom. The molecular weight excluding hydrogens is 462 g/mol. The first-order valence-electron chi connectivity index (χ1n) is 12.1. The number of nitrogens with one attached hydrogen (secondary N) is 1. The summed E-state index contributed by atoms with van der Waals surface area (Å²) in [6, 6.07) is 13.2. The minimum Gasteiger partial charge on any atom is -0.493 e. The molecule has 9 heteroatoms. The number of rotatable bonds is 6. The minimum atomic E-state index is -0.958. The summed E-state index contributed by atoms with van der Waals surface area (Å²) in [7, 11) is 3.07. The average molecular weight is 496 g/mol. The maximum atomic E-state index is 13.6. The van der Waals surface area contributed by atoms with E-state index in [1.807, 2.05) is 19.9 Å². The lowest BCUT2D eigenvalue weighted by Crippen LogP contribution is -2.60. The van der Waals surface area contributed by atoms with E-state index in [4.69, 9.17) is 14.2 Å². The summed E-state index contributed by atoms with van der Waals surface area (Å²) in [4.78, 5) is 43.3. The summed E-state index contributed by atoms with van der Waals surface area (Å²) in [5.41, 5.74) is 0.0243. The van der Waals surface area contributed by atoms with E-state index in [-0.39, 0.29) is 30.4 Å². The van der Waals surface area contributed by atoms with Gasteiger partial charge in [0.2, 0.25) is 5.91 Å². The monoisotopic (exact) mass is 495 g/mol. The second-order valence-electron chi connectivity index (χ2n) is 9.34. The highest BCUT2D eigenvalue weighted by molar-refractivity contribution is 5.98. The molecule has 2 saturated heterocycles. The van der Waals surface area contributed by atoms with Crippen molar-refractivity contribution in [3.05, 3.63) is 59.7 Å². The highest BCUT2D eigenvalue weighted by atomic mass is 16.5. The summed E-state index contributed by atoms with van der Waals surface area (Å²) in [6.07, 6.45) is 0.798. The zero-order valence-electron chi connectivity index (χ0n) is 21.2. The van der Waals surface area contributed by atoms with Gasteiger partial charge in [0.1, 0.15) is 11.8 Å². The molecule has 2 heterocycles. The van der Waals surface area contributed by atoms with Crippen molar-refractivity contribution >= 4 is 17.7 Å². The molecule has 1 N–H and O–H groups in total. The Bertz CT molecular complexity index is 1110. The van der Waals surface area contributed by atoms with Gasteiger partial charge in [0.05, 0.1) is 20.8 Å². The predicted molar refractivity (Wildman–Crippen MR) is 133 cm³/mol. The fraction of sp³-hybridized carbons (Fsp3) is 0.444. The van der Waals surface area contributed by atoms with Gasteiger partial charge in [-0.3, -0.25) is 19.3 Å². The molecule has 2 aromatic carbocycles. The smallest absolute Gasteiger partial charge is 0.256 e. The number of nitrogens with zero attached hydrogens (tertiary/aromatic N) is 2. The van der Waals surface area contributed by atoms with Crippen LogP contribution in [0.25, 0.3) is 0 Å². The number of carbonyl (C=O) groups excluding carboxylic acids is 3. The molecular formula is C27H33N3O6. The van der Waals surface area contributed by atoms with Gasteiger partial charge in [-0.25, -0.2) is 0 Å². The molecule has 1 unspecified atom stereocenters. The Balaban J connectivity index is 1.55. The van der Waals surface area contributed by atoms with Crippen LogP contribution >= 0.6 is 0 Å². The molecule has 4 rings (SSSR count). The van der Waals surface area contributed by atoms with Crippen molar-refractivity contribution in [3.8, 4) is 11.5 Å². The van der Waals surface area contributed by atoms with Crippen molar-refractivity contribution in [1.82, 2.24) is 15.1 Å². The molecule has 1 spiro atoms. The molecule has 36 heavy (non-hydrogen) atoms. The van der Waals surface area contributed by atoms with E-state index in [2.05, 4.69) is 5.32 Å². The third-order valence-electron chi connectivity index (χ3n) is 6.70. The largest absolute Gasteiger partial charge is 0.493 e. The molecule has 1 atom stereocenters. The topological polar surface area (TPSA) is 97.4 Å². The van der Waals surface area contributed by atoms with Crippen molar-refractivity contribution in [2.45, 2.75) is 44.5 Å². The van der Waals surface area contributed by atoms with Crippen LogP contribution in [0.3, 0.4) is 0 Å². The van der Waals surface area contributed by atoms with Crippen LogP contribution in [-0.4, -0.2) is 79.2 Å². The predicted octanol–water partition coefficient (Wildman–Crippen LogP) is 2.70. The van der Waals surface area contributed by atoms with Crippen LogP contribution in [0.15, 0.2) is 48.5 Å². The van der Waals surface area contributed by atoms with Gasteiger partial charge in [-0.15, -0.1) is 0 Å². The molecule has 0 radical (unpaired) electrons. The summed E-state index contributed by atoms with van der Waals surface area (Å²) in [5, 5.41) is 2.91. The Morgan fingerprint density at radius 1 is 0.944 bits per heavy atom. The third-order valence-corrected chi connectivity index (χ3v) is 6.70. The first-order chi connectivity index (χ1) is 17.3. The Morgan fingerprint density at radius 2 is 1.61 bits per heavy atom. The molecule has 0 aromatic heterocycles. The standard InChI is InChI=1S/C27H33N3O6/c1-18(2)28-24(31)21-17-36-27(30(21)26(33)19-8-6-5-7-9-19)12-14-29(15-13-27)25(32)20-10-11-22(34-3)23(16-20)35-4/h5-11,16,18,21H,12-15,17H2,1-4H3,(H,28,31). The highest BCUT2D eigenvalue weighted by Crippen LogP contribution is 2.39. The van der Waals surface area contributed by atoms with Gasteiger partial charge in [0.15, 0.2) is 11.5 Å². The Kier molecular flexibility index (Phi) is 7.49. The average Bonchev–Trinajstić information content (AvgIpc) is 3.26. The summed E-state index contributed by atoms with van der Waals surface area (Å²) < 4.78 is 16.8. The number of ether oxygens (including phenoxy) is 3. The van der Waals surface area contributed by atoms with Gasteiger partial charge >= 0.3 is 0 Å². The quantitative estimate of drug-likeness (QED) is 0.662. The molecule has 2 aromatic rings. The lowest BCUT2D eigenvalue weighted by atomic mass is 9.96. The van der Waals surface area contributed by atoms with Crippen LogP contribution in [0.5, 0.6) is 11.5 Å². The number of hydrogen-bond donors (Lipinski definition) is 1. The Hall–Kier alpha value is -3.59. The van der Waals surface area contributed by atoms with Crippen molar-refractivity contribution in [3.63, 3.8) is 0 Å². The second-order valence-corrected chi connectivity index (χ2v) is 9.34. The zero-order chi connectivity index (χ0) is 25.9. The van der Waals surface area contributed by atoms with Gasteiger partial charge in [0, 0.05) is 43.1 Å². The van der Waals surface area contributed by atoms with Gasteiger partial charge in [0.25, 0.3) is 11.8 Å². The van der Waals surface area contributed by atoms with Crippen molar-refractivity contribution in [2.24, 2.45) is 0 Å². The van der Waals surface area contributed by atoms with Gasteiger partial charge < -0.3 is 24.4 Å². The van der Waals surface area contributed by atoms with E-state index in [1.54, 1.807) is 59.4 Å². The lowest BCUT2D eigenvalue weighted by molar-refractivity contribution is -0.128. The fourth-order valence-corrected chi connectivity index (χ4v) is 4.88. The molecule has 2 aliphatic heterocycles. The van der Waals surface area contributed by atoms with Crippen LogP contribution in [0, 0.1) is 0 Å². The first-order valence-corrected chi connectivity index (χ1v) is 12.1. The van der Waals surface area contributed by atoms with Crippen molar-refractivity contribution in [2.75, 3.05) is 33.9 Å². The highest BCUT2D eigenvalue weighted by Gasteiger charge is 2.54. The molecule has 9 nitrogen and oxygen atoms in total. The maximum Gasteiger partial charge on any atom is 0.256 e. The van der Waals surface area contributed by atoms with E-state index in [0.717, 1.165) is 0 Å². The van der Waals surface area contributed by atoms with Crippen LogP contribution in [0.2, 0.25) is 0 Å². The molecule has 3 amide bonds. The number of methoxy groups -OCH3 is 2. The Labute approximate surface area is 211 Å². The second kappa shape index (κ2) is 10.6. The number of benzene rings is 2. The summed E-state index contributed by atoms with van der Waals surface area (Å²) in [5.74, 6) is 0.395. The van der Waals surface area contributed by atoms with Crippen LogP contribution in [0.1, 0.15) is 47.4 Å². The van der Waals surface area contributed by atoms with E-state index in [1.165, 1.54) is 7.11 Å². The number of carbonyl (C=O) groups is 3. The van der Waals surface area contributed by atoms with Crippen molar-refractivity contribution < 1.29 is 28.6 Å². The van der Waals surface area contributed by atoms with E-state index >= 15 is 0 Å². The van der Waals surface area contributed by atoms with Gasteiger partial charge in [-0.2, -0.15) is 0 Å². The third kappa shape index (κ3) is 4.88. The lowest BCUT2D eigenvalue weighted by Gasteiger charge is -2.44. The van der Waals surface area contributed by atoms with E-state index in [0.29, 0.717) is 48.6 Å². The van der Waals surface area contributed by atoms with Gasteiger partial charge in [-0.1, -0.05) is 18.2 Å².